The number of halogens is 1. The molecule has 0 radical (unpaired) electrons. The highest BCUT2D eigenvalue weighted by Crippen LogP contribution is 2.19. The zero-order valence-corrected chi connectivity index (χ0v) is 8.62. The van der Waals surface area contributed by atoms with Crippen molar-refractivity contribution in [2.75, 3.05) is 18.5 Å². The summed E-state index contributed by atoms with van der Waals surface area (Å²) in [6.07, 6.45) is 4.30. The van der Waals surface area contributed by atoms with Gasteiger partial charge in [-0.1, -0.05) is 0 Å². The van der Waals surface area contributed by atoms with Crippen LogP contribution in [0.3, 0.4) is 0 Å². The molecule has 1 aliphatic heterocycles. The van der Waals surface area contributed by atoms with Gasteiger partial charge in [0.25, 0.3) is 0 Å². The Balaban J connectivity index is 2.04. The molecule has 1 N–H and O–H groups in total. The highest BCUT2D eigenvalue weighted by atomic mass is 79.9. The Morgan fingerprint density at radius 1 is 1.62 bits per heavy atom. The topological polar surface area (TPSA) is 47.0 Å². The van der Waals surface area contributed by atoms with Gasteiger partial charge in [-0.2, -0.15) is 0 Å². The van der Waals surface area contributed by atoms with Gasteiger partial charge < -0.3 is 10.1 Å². The Morgan fingerprint density at radius 3 is 3.23 bits per heavy atom. The molecule has 1 fully saturated rings. The van der Waals surface area contributed by atoms with E-state index in [0.717, 1.165) is 29.9 Å². The quantitative estimate of drug-likeness (QED) is 0.855. The summed E-state index contributed by atoms with van der Waals surface area (Å²) in [6, 6.07) is 0.381. The van der Waals surface area contributed by atoms with E-state index in [-0.39, 0.29) is 0 Å². The second kappa shape index (κ2) is 4.02. The van der Waals surface area contributed by atoms with Crippen LogP contribution in [0, 0.1) is 0 Å². The van der Waals surface area contributed by atoms with Crippen LogP contribution >= 0.6 is 15.9 Å². The van der Waals surface area contributed by atoms with Gasteiger partial charge in [-0.3, -0.25) is 0 Å². The van der Waals surface area contributed by atoms with Crippen molar-refractivity contribution < 1.29 is 4.74 Å². The van der Waals surface area contributed by atoms with Crippen molar-refractivity contribution in [3.63, 3.8) is 0 Å². The number of hydrogen-bond acceptors (Lipinski definition) is 4. The number of nitrogens with one attached hydrogen (secondary N) is 1. The first kappa shape index (κ1) is 8.90. The number of ether oxygens (including phenoxy) is 1. The molecule has 1 atom stereocenters. The molecule has 70 valence electrons. The van der Waals surface area contributed by atoms with Crippen molar-refractivity contribution in [1.82, 2.24) is 9.97 Å². The molecule has 1 aliphatic rings. The molecule has 0 saturated carbocycles. The molecule has 0 spiro atoms. The third kappa shape index (κ3) is 2.16. The average Bonchev–Trinajstić information content (AvgIpc) is 2.61. The van der Waals surface area contributed by atoms with Gasteiger partial charge in [-0.15, -0.1) is 0 Å². The van der Waals surface area contributed by atoms with Crippen LogP contribution < -0.4 is 5.32 Å². The lowest BCUT2D eigenvalue weighted by Crippen LogP contribution is -2.19. The largest absolute Gasteiger partial charge is 0.379 e. The zero-order chi connectivity index (χ0) is 9.10. The summed E-state index contributed by atoms with van der Waals surface area (Å²) >= 11 is 3.38. The molecule has 4 nitrogen and oxygen atoms in total. The fourth-order valence-corrected chi connectivity index (χ4v) is 1.60. The number of rotatable bonds is 2. The van der Waals surface area contributed by atoms with Crippen LogP contribution in [-0.2, 0) is 4.74 Å². The summed E-state index contributed by atoms with van der Waals surface area (Å²) in [5, 5.41) is 3.29. The first-order valence-electron chi connectivity index (χ1n) is 4.16. The molecule has 1 saturated heterocycles. The lowest BCUT2D eigenvalue weighted by molar-refractivity contribution is 0.195. The Morgan fingerprint density at radius 2 is 2.54 bits per heavy atom. The van der Waals surface area contributed by atoms with Crippen LogP contribution in [0.15, 0.2) is 17.0 Å². The summed E-state index contributed by atoms with van der Waals surface area (Å²) in [6.45, 7) is 1.59. The predicted molar refractivity (Wildman–Crippen MR) is 52.6 cm³/mol. The molecule has 0 amide bonds. The normalized spacial score (nSPS) is 21.8. The van der Waals surface area contributed by atoms with E-state index in [1.165, 1.54) is 6.33 Å². The van der Waals surface area contributed by atoms with Crippen LogP contribution in [0.4, 0.5) is 5.82 Å². The molecule has 0 bridgehead atoms. The van der Waals surface area contributed by atoms with Gasteiger partial charge in [-0.05, 0) is 22.4 Å². The van der Waals surface area contributed by atoms with E-state index in [1.54, 1.807) is 6.20 Å². The van der Waals surface area contributed by atoms with Gasteiger partial charge in [0.05, 0.1) is 17.1 Å². The zero-order valence-electron chi connectivity index (χ0n) is 7.03. The molecule has 0 aliphatic carbocycles. The second-order valence-corrected chi connectivity index (χ2v) is 3.78. The minimum atomic E-state index is 0.381. The van der Waals surface area contributed by atoms with Crippen LogP contribution in [0.1, 0.15) is 6.42 Å². The van der Waals surface area contributed by atoms with Crippen LogP contribution in [0.2, 0.25) is 0 Å². The Labute approximate surface area is 84.9 Å². The van der Waals surface area contributed by atoms with Gasteiger partial charge in [0.2, 0.25) is 0 Å². The predicted octanol–water partition coefficient (Wildman–Crippen LogP) is 1.44. The maximum absolute atomic E-state index is 5.25. The van der Waals surface area contributed by atoms with Gasteiger partial charge in [-0.25, -0.2) is 9.97 Å². The highest BCUT2D eigenvalue weighted by Gasteiger charge is 2.16. The average molecular weight is 244 g/mol. The molecule has 1 aromatic rings. The fourth-order valence-electron chi connectivity index (χ4n) is 1.26. The van der Waals surface area contributed by atoms with Gasteiger partial charge in [0.1, 0.15) is 12.1 Å². The van der Waals surface area contributed by atoms with Crippen molar-refractivity contribution >= 4 is 21.7 Å². The maximum atomic E-state index is 5.25. The standard InChI is InChI=1S/C8H10BrN3O/c9-7-3-10-5-11-8(7)12-6-1-2-13-4-6/h3,5-6H,1-2,4H2,(H,10,11,12). The minimum absolute atomic E-state index is 0.381. The van der Waals surface area contributed by atoms with E-state index >= 15 is 0 Å². The van der Waals surface area contributed by atoms with Gasteiger partial charge >= 0.3 is 0 Å². The Kier molecular flexibility index (Phi) is 2.75. The molecule has 0 aromatic carbocycles. The lowest BCUT2D eigenvalue weighted by Gasteiger charge is -2.11. The SMILES string of the molecule is Brc1cncnc1NC1CCOC1. The van der Waals surface area contributed by atoms with Crippen LogP contribution in [0.25, 0.3) is 0 Å². The molecular weight excluding hydrogens is 234 g/mol. The third-order valence-electron chi connectivity index (χ3n) is 1.94. The van der Waals surface area contributed by atoms with E-state index in [1.807, 2.05) is 0 Å². The number of anilines is 1. The van der Waals surface area contributed by atoms with E-state index in [4.69, 9.17) is 4.74 Å². The first-order chi connectivity index (χ1) is 6.36. The van der Waals surface area contributed by atoms with E-state index < -0.39 is 0 Å². The molecule has 2 heterocycles. The number of nitrogens with zero attached hydrogens (tertiary/aromatic N) is 2. The first-order valence-corrected chi connectivity index (χ1v) is 4.95. The van der Waals surface area contributed by atoms with Crippen molar-refractivity contribution in [2.45, 2.75) is 12.5 Å². The summed E-state index contributed by atoms with van der Waals surface area (Å²) in [5.41, 5.74) is 0. The molecule has 2 rings (SSSR count). The van der Waals surface area contributed by atoms with E-state index in [0.29, 0.717) is 6.04 Å². The highest BCUT2D eigenvalue weighted by molar-refractivity contribution is 9.10. The molecule has 5 heteroatoms. The Hall–Kier alpha value is -0.680. The smallest absolute Gasteiger partial charge is 0.144 e. The third-order valence-corrected chi connectivity index (χ3v) is 2.52. The summed E-state index contributed by atoms with van der Waals surface area (Å²) in [4.78, 5) is 8.01. The van der Waals surface area contributed by atoms with E-state index in [9.17, 15) is 0 Å². The van der Waals surface area contributed by atoms with Crippen molar-refractivity contribution in [1.29, 1.82) is 0 Å². The van der Waals surface area contributed by atoms with Crippen molar-refractivity contribution in [3.8, 4) is 0 Å². The maximum Gasteiger partial charge on any atom is 0.144 e. The summed E-state index contributed by atoms with van der Waals surface area (Å²) in [5.74, 6) is 0.838. The van der Waals surface area contributed by atoms with Gasteiger partial charge in [0.15, 0.2) is 0 Å². The summed E-state index contributed by atoms with van der Waals surface area (Å²) < 4.78 is 6.14. The summed E-state index contributed by atoms with van der Waals surface area (Å²) in [7, 11) is 0. The van der Waals surface area contributed by atoms with Crippen molar-refractivity contribution in [2.24, 2.45) is 0 Å². The minimum Gasteiger partial charge on any atom is -0.379 e. The lowest BCUT2D eigenvalue weighted by atomic mass is 10.2. The van der Waals surface area contributed by atoms with E-state index in [2.05, 4.69) is 31.2 Å². The fraction of sp³-hybridized carbons (Fsp3) is 0.500. The Bertz CT molecular complexity index is 288. The molecule has 13 heavy (non-hydrogen) atoms. The molecule has 1 aromatic heterocycles. The van der Waals surface area contributed by atoms with Crippen molar-refractivity contribution in [3.05, 3.63) is 17.0 Å². The molecule has 1 unspecified atom stereocenters. The van der Waals surface area contributed by atoms with Crippen LogP contribution in [-0.4, -0.2) is 29.2 Å². The van der Waals surface area contributed by atoms with Crippen LogP contribution in [0.5, 0.6) is 0 Å². The van der Waals surface area contributed by atoms with Gasteiger partial charge in [0, 0.05) is 12.8 Å². The monoisotopic (exact) mass is 243 g/mol. The second-order valence-electron chi connectivity index (χ2n) is 2.92. The number of hydrogen-bond donors (Lipinski definition) is 1. The number of aromatic nitrogens is 2. The molecular formula is C8H10BrN3O.